The number of rotatable bonds is 5. The van der Waals surface area contributed by atoms with Crippen molar-refractivity contribution < 1.29 is 27.2 Å². The zero-order chi connectivity index (χ0) is 24.1. The van der Waals surface area contributed by atoms with E-state index >= 15 is 0 Å². The molecule has 0 bridgehead atoms. The molecular formula is C25H26N2O6S. The monoisotopic (exact) mass is 482 g/mol. The molecule has 0 unspecified atom stereocenters. The minimum atomic E-state index is -4.02. The molecule has 0 radical (unpaired) electrons. The van der Waals surface area contributed by atoms with Gasteiger partial charge in [-0.1, -0.05) is 48.0 Å². The fraction of sp³-hybridized carbons (Fsp3) is 0.240. The number of amides is 1. The summed E-state index contributed by atoms with van der Waals surface area (Å²) in [5.74, 6) is 1.43. The Bertz CT molecular complexity index is 1260. The molecule has 0 spiro atoms. The maximum Gasteiger partial charge on any atom is 0.294 e. The maximum atomic E-state index is 11.6. The molecule has 2 aliphatic heterocycles. The topological polar surface area (TPSA) is 114 Å². The van der Waals surface area contributed by atoms with Crippen LogP contribution in [0.25, 0.3) is 0 Å². The van der Waals surface area contributed by atoms with Crippen molar-refractivity contribution in [3.05, 3.63) is 83.4 Å². The third-order valence-corrected chi connectivity index (χ3v) is 6.28. The van der Waals surface area contributed by atoms with E-state index in [0.717, 1.165) is 29.1 Å². The lowest BCUT2D eigenvalue weighted by atomic mass is 10.1. The van der Waals surface area contributed by atoms with E-state index < -0.39 is 10.1 Å². The van der Waals surface area contributed by atoms with Gasteiger partial charge < -0.3 is 20.1 Å². The summed E-state index contributed by atoms with van der Waals surface area (Å²) in [6.45, 7) is 3.84. The fourth-order valence-electron chi connectivity index (χ4n) is 3.66. The summed E-state index contributed by atoms with van der Waals surface area (Å²) in [4.78, 5) is 11.5. The van der Waals surface area contributed by atoms with E-state index in [1.165, 1.54) is 17.7 Å². The summed E-state index contributed by atoms with van der Waals surface area (Å²) >= 11 is 0. The molecule has 3 N–H and O–H groups in total. The SMILES string of the molecule is Cc1ccc(S(=O)(=O)O)cc1.O=C1Cc2c(ccc3c2O[C@@H](CNCc2ccccc2)CO3)N1. The number of hydrogen-bond acceptors (Lipinski definition) is 6. The first-order valence-corrected chi connectivity index (χ1v) is 12.3. The summed E-state index contributed by atoms with van der Waals surface area (Å²) in [5, 5.41) is 6.23. The predicted molar refractivity (Wildman–Crippen MR) is 128 cm³/mol. The highest BCUT2D eigenvalue weighted by Crippen LogP contribution is 2.41. The van der Waals surface area contributed by atoms with Gasteiger partial charge in [0.1, 0.15) is 12.7 Å². The van der Waals surface area contributed by atoms with Crippen LogP contribution in [0, 0.1) is 6.92 Å². The van der Waals surface area contributed by atoms with Gasteiger partial charge in [-0.2, -0.15) is 8.42 Å². The van der Waals surface area contributed by atoms with Gasteiger partial charge in [-0.05, 0) is 36.8 Å². The number of fused-ring (bicyclic) bond motifs is 3. The van der Waals surface area contributed by atoms with E-state index in [9.17, 15) is 13.2 Å². The van der Waals surface area contributed by atoms with Crippen LogP contribution in [0.2, 0.25) is 0 Å². The summed E-state index contributed by atoms with van der Waals surface area (Å²) < 4.78 is 41.4. The fourth-order valence-corrected chi connectivity index (χ4v) is 4.14. The molecule has 0 aliphatic carbocycles. The molecule has 8 nitrogen and oxygen atoms in total. The zero-order valence-electron chi connectivity index (χ0n) is 18.7. The Morgan fingerprint density at radius 1 is 1.06 bits per heavy atom. The number of carbonyl (C=O) groups is 1. The van der Waals surface area contributed by atoms with Crippen LogP contribution in [0.15, 0.2) is 71.6 Å². The lowest BCUT2D eigenvalue weighted by Gasteiger charge is -2.28. The van der Waals surface area contributed by atoms with Crippen molar-refractivity contribution in [1.82, 2.24) is 5.32 Å². The first kappa shape index (κ1) is 23.7. The summed E-state index contributed by atoms with van der Waals surface area (Å²) in [6, 6.07) is 20.0. The second-order valence-electron chi connectivity index (χ2n) is 8.10. The van der Waals surface area contributed by atoms with Gasteiger partial charge in [0.05, 0.1) is 11.3 Å². The lowest BCUT2D eigenvalue weighted by molar-refractivity contribution is -0.115. The molecule has 2 heterocycles. The maximum absolute atomic E-state index is 11.6. The molecule has 0 saturated heterocycles. The summed E-state index contributed by atoms with van der Waals surface area (Å²) in [7, 11) is -4.02. The van der Waals surface area contributed by atoms with Crippen LogP contribution in [-0.2, 0) is 27.9 Å². The van der Waals surface area contributed by atoms with Gasteiger partial charge in [-0.25, -0.2) is 0 Å². The number of carbonyl (C=O) groups excluding carboxylic acids is 1. The number of nitrogens with one attached hydrogen (secondary N) is 2. The highest BCUT2D eigenvalue weighted by Gasteiger charge is 2.29. The molecule has 0 aromatic heterocycles. The Balaban J connectivity index is 0.000000210. The number of anilines is 1. The van der Waals surface area contributed by atoms with Crippen molar-refractivity contribution in [3.8, 4) is 11.5 Å². The van der Waals surface area contributed by atoms with Crippen molar-refractivity contribution in [2.75, 3.05) is 18.5 Å². The van der Waals surface area contributed by atoms with E-state index in [4.69, 9.17) is 14.0 Å². The Morgan fingerprint density at radius 3 is 2.50 bits per heavy atom. The van der Waals surface area contributed by atoms with Crippen molar-refractivity contribution in [2.45, 2.75) is 30.9 Å². The van der Waals surface area contributed by atoms with Gasteiger partial charge in [0.15, 0.2) is 11.5 Å². The average Bonchev–Trinajstić information content (AvgIpc) is 3.21. The summed E-state index contributed by atoms with van der Waals surface area (Å²) in [5.41, 5.74) is 3.92. The van der Waals surface area contributed by atoms with Gasteiger partial charge in [0.2, 0.25) is 5.91 Å². The molecular weight excluding hydrogens is 456 g/mol. The Kier molecular flexibility index (Phi) is 7.16. The molecule has 34 heavy (non-hydrogen) atoms. The minimum absolute atomic E-state index is 0.00123. The third-order valence-electron chi connectivity index (χ3n) is 5.41. The Labute approximate surface area is 198 Å². The molecule has 3 aromatic carbocycles. The highest BCUT2D eigenvalue weighted by molar-refractivity contribution is 7.85. The molecule has 1 atom stereocenters. The number of aryl methyl sites for hydroxylation is 1. The number of ether oxygens (including phenoxy) is 2. The van der Waals surface area contributed by atoms with Crippen LogP contribution in [0.3, 0.4) is 0 Å². The smallest absolute Gasteiger partial charge is 0.294 e. The number of benzene rings is 3. The van der Waals surface area contributed by atoms with Gasteiger partial charge >= 0.3 is 0 Å². The van der Waals surface area contributed by atoms with Gasteiger partial charge in [0, 0.05) is 24.3 Å². The molecule has 178 valence electrons. The van der Waals surface area contributed by atoms with Crippen LogP contribution in [0.1, 0.15) is 16.7 Å². The van der Waals surface area contributed by atoms with Crippen LogP contribution in [0.5, 0.6) is 11.5 Å². The second kappa shape index (κ2) is 10.3. The van der Waals surface area contributed by atoms with E-state index in [1.807, 2.05) is 37.3 Å². The molecule has 3 aromatic rings. The largest absolute Gasteiger partial charge is 0.486 e. The molecule has 0 saturated carbocycles. The minimum Gasteiger partial charge on any atom is -0.486 e. The quantitative estimate of drug-likeness (QED) is 0.478. The second-order valence-corrected chi connectivity index (χ2v) is 9.52. The summed E-state index contributed by atoms with van der Waals surface area (Å²) in [6.07, 6.45) is 0.292. The van der Waals surface area contributed by atoms with Crippen LogP contribution >= 0.6 is 0 Å². The van der Waals surface area contributed by atoms with E-state index in [-0.39, 0.29) is 16.9 Å². The number of hydrogen-bond donors (Lipinski definition) is 3. The van der Waals surface area contributed by atoms with Crippen molar-refractivity contribution in [2.24, 2.45) is 0 Å². The van der Waals surface area contributed by atoms with Crippen LogP contribution < -0.4 is 20.1 Å². The molecule has 9 heteroatoms. The van der Waals surface area contributed by atoms with Crippen LogP contribution in [-0.4, -0.2) is 38.1 Å². The standard InChI is InChI=1S/C18H18N2O3.C7H8O3S/c21-17-8-14-15(20-17)6-7-16-18(14)23-13(11-22-16)10-19-9-12-4-2-1-3-5-12;1-6-2-4-7(5-3-6)11(8,9)10/h1-7,13,19H,8-11H2,(H,20,21);2-5H,1H3,(H,8,9,10)/t13-;/m0./s1. The molecule has 2 aliphatic rings. The molecule has 5 rings (SSSR count). The van der Waals surface area contributed by atoms with E-state index in [1.54, 1.807) is 12.1 Å². The van der Waals surface area contributed by atoms with Gasteiger partial charge in [-0.15, -0.1) is 0 Å². The first-order valence-electron chi connectivity index (χ1n) is 10.8. The van der Waals surface area contributed by atoms with Crippen molar-refractivity contribution >= 4 is 21.7 Å². The van der Waals surface area contributed by atoms with Crippen molar-refractivity contribution in [1.29, 1.82) is 0 Å². The Hall–Kier alpha value is -3.40. The lowest BCUT2D eigenvalue weighted by Crippen LogP contribution is -2.38. The average molecular weight is 483 g/mol. The van der Waals surface area contributed by atoms with Crippen LogP contribution in [0.4, 0.5) is 5.69 Å². The molecule has 0 fully saturated rings. The van der Waals surface area contributed by atoms with E-state index in [2.05, 4.69) is 22.8 Å². The highest BCUT2D eigenvalue weighted by atomic mass is 32.2. The Morgan fingerprint density at radius 2 is 1.79 bits per heavy atom. The van der Waals surface area contributed by atoms with Crippen molar-refractivity contribution in [3.63, 3.8) is 0 Å². The third kappa shape index (κ3) is 5.93. The normalized spacial score (nSPS) is 16.2. The van der Waals surface area contributed by atoms with Gasteiger partial charge in [-0.3, -0.25) is 9.35 Å². The predicted octanol–water partition coefficient (Wildman–Crippen LogP) is 3.35. The molecule has 1 amide bonds. The van der Waals surface area contributed by atoms with E-state index in [0.29, 0.717) is 25.3 Å². The van der Waals surface area contributed by atoms with Gasteiger partial charge in [0.25, 0.3) is 10.1 Å². The first-order chi connectivity index (χ1) is 16.3. The zero-order valence-corrected chi connectivity index (χ0v) is 19.5.